The van der Waals surface area contributed by atoms with E-state index in [2.05, 4.69) is 17.1 Å². The number of carbonyl (C=O) groups excluding carboxylic acids is 1. The summed E-state index contributed by atoms with van der Waals surface area (Å²) in [5.41, 5.74) is 2.05. The third kappa shape index (κ3) is 2.52. The van der Waals surface area contributed by atoms with Crippen LogP contribution in [0, 0.1) is 5.92 Å². The van der Waals surface area contributed by atoms with Crippen LogP contribution in [0.4, 0.5) is 0 Å². The predicted octanol–water partition coefficient (Wildman–Crippen LogP) is 2.28. The van der Waals surface area contributed by atoms with Gasteiger partial charge in [0.1, 0.15) is 0 Å². The maximum Gasteiger partial charge on any atom is 0.164 e. The van der Waals surface area contributed by atoms with Gasteiger partial charge in [-0.3, -0.25) is 9.79 Å². The van der Waals surface area contributed by atoms with Crippen LogP contribution in [-0.2, 0) is 11.2 Å². The Bertz CT molecular complexity index is 356. The topological polar surface area (TPSA) is 29.4 Å². The summed E-state index contributed by atoms with van der Waals surface area (Å²) >= 11 is 0. The second kappa shape index (κ2) is 4.87. The molecule has 2 heteroatoms. The van der Waals surface area contributed by atoms with Crippen LogP contribution in [0.25, 0.3) is 0 Å². The van der Waals surface area contributed by atoms with Gasteiger partial charge in [0, 0.05) is 12.5 Å². The Morgan fingerprint density at radius 1 is 1.33 bits per heavy atom. The van der Waals surface area contributed by atoms with E-state index in [-0.39, 0.29) is 0 Å². The molecule has 1 atom stereocenters. The Morgan fingerprint density at radius 2 is 2.13 bits per heavy atom. The van der Waals surface area contributed by atoms with E-state index >= 15 is 0 Å². The highest BCUT2D eigenvalue weighted by molar-refractivity contribution is 6.29. The number of hydrogen-bond acceptors (Lipinski definition) is 2. The zero-order chi connectivity index (χ0) is 10.5. The Kier molecular flexibility index (Phi) is 3.28. The Hall–Kier alpha value is -1.44. The first-order chi connectivity index (χ1) is 7.40. The van der Waals surface area contributed by atoms with Gasteiger partial charge in [-0.25, -0.2) is 0 Å². The minimum Gasteiger partial charge on any atom is -0.297 e. The molecule has 2 rings (SSSR count). The molecule has 1 aromatic carbocycles. The normalized spacial score (nSPS) is 20.8. The fourth-order valence-corrected chi connectivity index (χ4v) is 2.06. The van der Waals surface area contributed by atoms with Crippen molar-refractivity contribution >= 4 is 12.0 Å². The smallest absolute Gasteiger partial charge is 0.164 e. The van der Waals surface area contributed by atoms with E-state index in [4.69, 9.17) is 0 Å². The summed E-state index contributed by atoms with van der Waals surface area (Å²) in [7, 11) is 0. The van der Waals surface area contributed by atoms with Crippen molar-refractivity contribution in [3.05, 3.63) is 35.9 Å². The van der Waals surface area contributed by atoms with Crippen LogP contribution < -0.4 is 0 Å². The largest absolute Gasteiger partial charge is 0.297 e. The summed E-state index contributed by atoms with van der Waals surface area (Å²) in [6, 6.07) is 10.3. The molecule has 1 aliphatic heterocycles. The number of nitrogens with zero attached hydrogens (tertiary/aromatic N) is 1. The van der Waals surface area contributed by atoms with Crippen molar-refractivity contribution in [3.8, 4) is 0 Å². The molecule has 1 aromatic rings. The highest BCUT2D eigenvalue weighted by Crippen LogP contribution is 2.19. The third-order valence-electron chi connectivity index (χ3n) is 2.87. The number of benzene rings is 1. The summed E-state index contributed by atoms with van der Waals surface area (Å²) in [6.07, 6.45) is 4.06. The predicted molar refractivity (Wildman–Crippen MR) is 61.2 cm³/mol. The molecule has 2 nitrogen and oxygen atoms in total. The zero-order valence-corrected chi connectivity index (χ0v) is 8.73. The van der Waals surface area contributed by atoms with Gasteiger partial charge in [0.05, 0.1) is 5.71 Å². The van der Waals surface area contributed by atoms with Crippen LogP contribution in [-0.4, -0.2) is 18.5 Å². The van der Waals surface area contributed by atoms with Gasteiger partial charge in [0.2, 0.25) is 0 Å². The van der Waals surface area contributed by atoms with E-state index in [0.717, 1.165) is 37.8 Å². The lowest BCUT2D eigenvalue weighted by molar-refractivity contribution is -0.103. The van der Waals surface area contributed by atoms with E-state index < -0.39 is 0 Å². The van der Waals surface area contributed by atoms with Gasteiger partial charge < -0.3 is 0 Å². The molecule has 0 saturated heterocycles. The molecule has 15 heavy (non-hydrogen) atoms. The van der Waals surface area contributed by atoms with Gasteiger partial charge in [-0.2, -0.15) is 0 Å². The second-order valence-corrected chi connectivity index (χ2v) is 3.95. The number of carbonyl (C=O) groups is 1. The Balaban J connectivity index is 2.08. The van der Waals surface area contributed by atoms with Crippen molar-refractivity contribution in [2.75, 3.05) is 6.54 Å². The molecular weight excluding hydrogens is 186 g/mol. The molecule has 1 aliphatic rings. The minimum absolute atomic E-state index is 0.332. The fourth-order valence-electron chi connectivity index (χ4n) is 2.06. The van der Waals surface area contributed by atoms with Crippen LogP contribution >= 0.6 is 0 Å². The third-order valence-corrected chi connectivity index (χ3v) is 2.87. The molecule has 0 N–H and O–H groups in total. The van der Waals surface area contributed by atoms with Crippen LogP contribution in [0.3, 0.4) is 0 Å². The maximum atomic E-state index is 10.8. The molecule has 78 valence electrons. The zero-order valence-electron chi connectivity index (χ0n) is 8.73. The van der Waals surface area contributed by atoms with Crippen molar-refractivity contribution < 1.29 is 4.79 Å². The number of aldehydes is 1. The molecule has 0 amide bonds. The minimum atomic E-state index is 0.332. The lowest BCUT2D eigenvalue weighted by Crippen LogP contribution is -2.23. The molecule has 1 unspecified atom stereocenters. The van der Waals surface area contributed by atoms with E-state index in [1.165, 1.54) is 5.56 Å². The summed E-state index contributed by atoms with van der Waals surface area (Å²) in [6.45, 7) is 0.819. The quantitative estimate of drug-likeness (QED) is 0.690. The first kappa shape index (κ1) is 10.1. The molecule has 0 bridgehead atoms. The van der Waals surface area contributed by atoms with Gasteiger partial charge in [0.25, 0.3) is 0 Å². The van der Waals surface area contributed by atoms with Gasteiger partial charge in [-0.1, -0.05) is 30.3 Å². The van der Waals surface area contributed by atoms with Gasteiger partial charge in [-0.05, 0) is 24.8 Å². The second-order valence-electron chi connectivity index (χ2n) is 3.95. The van der Waals surface area contributed by atoms with Crippen LogP contribution in [0.2, 0.25) is 0 Å². The van der Waals surface area contributed by atoms with Crippen molar-refractivity contribution in [3.63, 3.8) is 0 Å². The van der Waals surface area contributed by atoms with E-state index in [0.29, 0.717) is 5.92 Å². The van der Waals surface area contributed by atoms with E-state index in [1.807, 2.05) is 18.2 Å². The molecule has 0 fully saturated rings. The van der Waals surface area contributed by atoms with Crippen LogP contribution in [0.1, 0.15) is 18.4 Å². The highest BCUT2D eigenvalue weighted by atomic mass is 16.1. The summed E-state index contributed by atoms with van der Waals surface area (Å²) in [5.74, 6) is 0.332. The van der Waals surface area contributed by atoms with Gasteiger partial charge in [0.15, 0.2) is 6.29 Å². The lowest BCUT2D eigenvalue weighted by Gasteiger charge is -2.19. The van der Waals surface area contributed by atoms with Gasteiger partial charge >= 0.3 is 0 Å². The molecule has 0 aliphatic carbocycles. The lowest BCUT2D eigenvalue weighted by atomic mass is 9.89. The molecule has 1 heterocycles. The SMILES string of the molecule is O=CC1=NCCCC1Cc1ccccc1. The molecule has 0 aromatic heterocycles. The number of rotatable bonds is 3. The number of hydrogen-bond donors (Lipinski definition) is 0. The van der Waals surface area contributed by atoms with E-state index in [1.54, 1.807) is 0 Å². The maximum absolute atomic E-state index is 10.8. The monoisotopic (exact) mass is 201 g/mol. The first-order valence-electron chi connectivity index (χ1n) is 5.43. The molecule has 0 radical (unpaired) electrons. The van der Waals surface area contributed by atoms with Crippen molar-refractivity contribution in [2.24, 2.45) is 10.9 Å². The van der Waals surface area contributed by atoms with Gasteiger partial charge in [-0.15, -0.1) is 0 Å². The van der Waals surface area contributed by atoms with Crippen molar-refractivity contribution in [1.82, 2.24) is 0 Å². The van der Waals surface area contributed by atoms with Crippen LogP contribution in [0.15, 0.2) is 35.3 Å². The molecule has 0 spiro atoms. The Morgan fingerprint density at radius 3 is 2.87 bits per heavy atom. The standard InChI is InChI=1S/C13H15NO/c15-10-13-12(7-4-8-14-13)9-11-5-2-1-3-6-11/h1-3,5-6,10,12H,4,7-9H2. The van der Waals surface area contributed by atoms with Crippen molar-refractivity contribution in [1.29, 1.82) is 0 Å². The number of aliphatic imine (C=N–C) groups is 1. The summed E-state index contributed by atoms with van der Waals surface area (Å²) in [4.78, 5) is 15.1. The molecular formula is C13H15NO. The summed E-state index contributed by atoms with van der Waals surface area (Å²) < 4.78 is 0. The first-order valence-corrected chi connectivity index (χ1v) is 5.43. The fraction of sp³-hybridized carbons (Fsp3) is 0.385. The highest BCUT2D eigenvalue weighted by Gasteiger charge is 2.18. The average Bonchev–Trinajstić information content (AvgIpc) is 2.31. The Labute approximate surface area is 90.0 Å². The molecule has 0 saturated carbocycles. The van der Waals surface area contributed by atoms with E-state index in [9.17, 15) is 4.79 Å². The summed E-state index contributed by atoms with van der Waals surface area (Å²) in [5, 5.41) is 0. The average molecular weight is 201 g/mol. The van der Waals surface area contributed by atoms with Crippen LogP contribution in [0.5, 0.6) is 0 Å². The van der Waals surface area contributed by atoms with Crippen molar-refractivity contribution in [2.45, 2.75) is 19.3 Å².